The zero-order valence-electron chi connectivity index (χ0n) is 11.9. The maximum atomic E-state index is 12.4. The van der Waals surface area contributed by atoms with E-state index in [2.05, 4.69) is 25.7 Å². The molecule has 0 fully saturated rings. The van der Waals surface area contributed by atoms with Gasteiger partial charge in [0.05, 0.1) is 12.1 Å². The second kappa shape index (κ2) is 7.60. The van der Waals surface area contributed by atoms with Crippen LogP contribution in [-0.2, 0) is 0 Å². The molecule has 3 nitrogen and oxygen atoms in total. The van der Waals surface area contributed by atoms with Crippen LogP contribution in [0.15, 0.2) is 24.3 Å². The third-order valence-electron chi connectivity index (χ3n) is 3.11. The lowest BCUT2D eigenvalue weighted by molar-refractivity contribution is 0.0774. The summed E-state index contributed by atoms with van der Waals surface area (Å²) in [5.41, 5.74) is 6.77. The lowest BCUT2D eigenvalue weighted by atomic mass is 10.1. The molecule has 1 aromatic carbocycles. The van der Waals surface area contributed by atoms with Crippen LogP contribution >= 0.6 is 0 Å². The molecular weight excluding hydrogens is 236 g/mol. The van der Waals surface area contributed by atoms with Crippen molar-refractivity contribution in [2.45, 2.75) is 20.3 Å². The number of rotatable bonds is 4. The Morgan fingerprint density at radius 2 is 2.11 bits per heavy atom. The van der Waals surface area contributed by atoms with Crippen LogP contribution in [0.2, 0.25) is 0 Å². The van der Waals surface area contributed by atoms with Crippen molar-refractivity contribution in [3.63, 3.8) is 0 Å². The summed E-state index contributed by atoms with van der Waals surface area (Å²) in [4.78, 5) is 14.2. The van der Waals surface area contributed by atoms with Crippen molar-refractivity contribution in [1.29, 1.82) is 0 Å². The summed E-state index contributed by atoms with van der Waals surface area (Å²) in [6, 6.07) is 7.41. The molecule has 1 rings (SSSR count). The normalized spacial score (nSPS) is 11.4. The van der Waals surface area contributed by atoms with Crippen LogP contribution in [0, 0.1) is 17.8 Å². The van der Waals surface area contributed by atoms with Crippen molar-refractivity contribution in [2.24, 2.45) is 11.7 Å². The van der Waals surface area contributed by atoms with E-state index in [1.54, 1.807) is 4.90 Å². The molecule has 1 aromatic rings. The first-order valence-corrected chi connectivity index (χ1v) is 6.63. The smallest absolute Gasteiger partial charge is 0.254 e. The van der Waals surface area contributed by atoms with Gasteiger partial charge < -0.3 is 10.6 Å². The molecule has 0 aliphatic rings. The van der Waals surface area contributed by atoms with Crippen LogP contribution in [0.1, 0.15) is 36.2 Å². The number of amides is 1. The highest BCUT2D eigenvalue weighted by molar-refractivity contribution is 5.96. The van der Waals surface area contributed by atoms with Crippen LogP contribution in [0.3, 0.4) is 0 Å². The fourth-order valence-corrected chi connectivity index (χ4v) is 1.81. The number of hydrogen-bond donors (Lipinski definition) is 1. The largest absolute Gasteiger partial charge is 0.341 e. The van der Waals surface area contributed by atoms with Crippen LogP contribution in [0.5, 0.6) is 0 Å². The first-order chi connectivity index (χ1) is 9.10. The fourth-order valence-electron chi connectivity index (χ4n) is 1.81. The molecule has 0 radical (unpaired) electrons. The van der Waals surface area contributed by atoms with Crippen LogP contribution in [-0.4, -0.2) is 30.9 Å². The Bertz CT molecular complexity index is 485. The van der Waals surface area contributed by atoms with Gasteiger partial charge in [-0.05, 0) is 18.1 Å². The third-order valence-corrected chi connectivity index (χ3v) is 3.11. The Labute approximate surface area is 115 Å². The minimum Gasteiger partial charge on any atom is -0.341 e. The molecule has 3 heteroatoms. The van der Waals surface area contributed by atoms with Crippen LogP contribution < -0.4 is 5.73 Å². The topological polar surface area (TPSA) is 46.3 Å². The third kappa shape index (κ3) is 4.42. The van der Waals surface area contributed by atoms with Crippen molar-refractivity contribution >= 4 is 5.91 Å². The monoisotopic (exact) mass is 258 g/mol. The van der Waals surface area contributed by atoms with E-state index in [4.69, 9.17) is 5.73 Å². The Morgan fingerprint density at radius 1 is 1.42 bits per heavy atom. The average molecular weight is 258 g/mol. The molecule has 1 amide bonds. The molecular formula is C16H22N2O. The standard InChI is InChI=1S/C16H22N2O/c1-4-13(2)12-18(3)16(19)15-10-6-5-8-14(15)9-7-11-17/h5-6,8,10,13H,4,11-12,17H2,1-3H3. The quantitative estimate of drug-likeness (QED) is 0.841. The first kappa shape index (κ1) is 15.3. The van der Waals surface area contributed by atoms with E-state index < -0.39 is 0 Å². The molecule has 0 bridgehead atoms. The van der Waals surface area contributed by atoms with Gasteiger partial charge >= 0.3 is 0 Å². The van der Waals surface area contributed by atoms with Gasteiger partial charge in [-0.15, -0.1) is 0 Å². The summed E-state index contributed by atoms with van der Waals surface area (Å²) >= 11 is 0. The van der Waals surface area contributed by atoms with Gasteiger partial charge in [-0.25, -0.2) is 0 Å². The number of benzene rings is 1. The molecule has 1 unspecified atom stereocenters. The lowest BCUT2D eigenvalue weighted by Crippen LogP contribution is -2.31. The van der Waals surface area contributed by atoms with Gasteiger partial charge in [-0.2, -0.15) is 0 Å². The molecule has 0 heterocycles. The minimum atomic E-state index is 0.0159. The van der Waals surface area contributed by atoms with E-state index in [0.29, 0.717) is 18.0 Å². The Morgan fingerprint density at radius 3 is 2.74 bits per heavy atom. The summed E-state index contributed by atoms with van der Waals surface area (Å²) in [5, 5.41) is 0. The van der Waals surface area contributed by atoms with Crippen molar-refractivity contribution in [1.82, 2.24) is 4.90 Å². The van der Waals surface area contributed by atoms with E-state index in [9.17, 15) is 4.79 Å². The molecule has 0 saturated carbocycles. The molecule has 1 atom stereocenters. The fraction of sp³-hybridized carbons (Fsp3) is 0.438. The van der Waals surface area contributed by atoms with Gasteiger partial charge in [0.15, 0.2) is 0 Å². The van der Waals surface area contributed by atoms with E-state index in [-0.39, 0.29) is 5.91 Å². The number of nitrogens with zero attached hydrogens (tertiary/aromatic N) is 1. The van der Waals surface area contributed by atoms with Crippen molar-refractivity contribution < 1.29 is 4.79 Å². The molecule has 19 heavy (non-hydrogen) atoms. The summed E-state index contributed by atoms with van der Waals surface area (Å²) in [5.74, 6) is 6.26. The second-order valence-corrected chi connectivity index (χ2v) is 4.75. The molecule has 2 N–H and O–H groups in total. The second-order valence-electron chi connectivity index (χ2n) is 4.75. The van der Waals surface area contributed by atoms with Gasteiger partial charge in [-0.3, -0.25) is 4.79 Å². The molecule has 0 aromatic heterocycles. The van der Waals surface area contributed by atoms with Gasteiger partial charge in [-0.1, -0.05) is 44.2 Å². The van der Waals surface area contributed by atoms with Gasteiger partial charge in [0.2, 0.25) is 0 Å². The zero-order chi connectivity index (χ0) is 14.3. The average Bonchev–Trinajstić information content (AvgIpc) is 2.44. The molecule has 0 aliphatic heterocycles. The highest BCUT2D eigenvalue weighted by atomic mass is 16.2. The SMILES string of the molecule is CCC(C)CN(C)C(=O)c1ccccc1C#CCN. The van der Waals surface area contributed by atoms with E-state index in [1.807, 2.05) is 31.3 Å². The zero-order valence-corrected chi connectivity index (χ0v) is 11.9. The van der Waals surface area contributed by atoms with Crippen LogP contribution in [0.4, 0.5) is 0 Å². The van der Waals surface area contributed by atoms with Crippen molar-refractivity contribution in [2.75, 3.05) is 20.1 Å². The van der Waals surface area contributed by atoms with E-state index in [0.717, 1.165) is 18.5 Å². The van der Waals surface area contributed by atoms with Crippen molar-refractivity contribution in [3.05, 3.63) is 35.4 Å². The maximum Gasteiger partial charge on any atom is 0.254 e. The molecule has 102 valence electrons. The molecule has 0 aliphatic carbocycles. The highest BCUT2D eigenvalue weighted by Crippen LogP contribution is 2.12. The number of hydrogen-bond acceptors (Lipinski definition) is 2. The van der Waals surface area contributed by atoms with Gasteiger partial charge in [0, 0.05) is 19.2 Å². The summed E-state index contributed by atoms with van der Waals surface area (Å²) in [7, 11) is 1.83. The van der Waals surface area contributed by atoms with E-state index >= 15 is 0 Å². The Balaban J connectivity index is 2.93. The predicted octanol–water partition coefficient (Wildman–Crippen LogP) is 2.11. The minimum absolute atomic E-state index is 0.0159. The predicted molar refractivity (Wildman–Crippen MR) is 78.8 cm³/mol. The molecule has 0 saturated heterocycles. The number of carbonyl (C=O) groups is 1. The highest BCUT2D eigenvalue weighted by Gasteiger charge is 2.16. The first-order valence-electron chi connectivity index (χ1n) is 6.63. The maximum absolute atomic E-state index is 12.4. The van der Waals surface area contributed by atoms with E-state index in [1.165, 1.54) is 0 Å². The van der Waals surface area contributed by atoms with Gasteiger partial charge in [0.1, 0.15) is 0 Å². The summed E-state index contributed by atoms with van der Waals surface area (Å²) in [6.45, 7) is 5.33. The number of nitrogens with two attached hydrogens (primary N) is 1. The Hall–Kier alpha value is -1.79. The summed E-state index contributed by atoms with van der Waals surface area (Å²) < 4.78 is 0. The van der Waals surface area contributed by atoms with Crippen molar-refractivity contribution in [3.8, 4) is 11.8 Å². The lowest BCUT2D eigenvalue weighted by Gasteiger charge is -2.21. The summed E-state index contributed by atoms with van der Waals surface area (Å²) in [6.07, 6.45) is 1.06. The van der Waals surface area contributed by atoms with Crippen LogP contribution in [0.25, 0.3) is 0 Å². The Kier molecular flexibility index (Phi) is 6.11. The number of carbonyl (C=O) groups excluding carboxylic acids is 1. The van der Waals surface area contributed by atoms with Gasteiger partial charge in [0.25, 0.3) is 5.91 Å². The molecule has 0 spiro atoms.